The van der Waals surface area contributed by atoms with Crippen LogP contribution in [0.1, 0.15) is 24.1 Å². The molecule has 3 rings (SSSR count). The lowest BCUT2D eigenvalue weighted by Crippen LogP contribution is -2.03. The first kappa shape index (κ1) is 14.2. The summed E-state index contributed by atoms with van der Waals surface area (Å²) in [6, 6.07) is 8.06. The first-order valence-corrected chi connectivity index (χ1v) is 7.21. The summed E-state index contributed by atoms with van der Waals surface area (Å²) in [7, 11) is 0. The van der Waals surface area contributed by atoms with Crippen LogP contribution >= 0.6 is 0 Å². The number of nitro benzene ring substituents is 1. The highest BCUT2D eigenvalue weighted by atomic mass is 16.6. The molecule has 1 heterocycles. The molecule has 0 radical (unpaired) electrons. The molecule has 0 spiro atoms. The molecule has 0 bridgehead atoms. The van der Waals surface area contributed by atoms with Crippen LogP contribution in [0.5, 0.6) is 0 Å². The molecule has 0 N–H and O–H groups in total. The van der Waals surface area contributed by atoms with Crippen LogP contribution in [0, 0.1) is 10.1 Å². The molecule has 1 aliphatic carbocycles. The van der Waals surface area contributed by atoms with Crippen molar-refractivity contribution in [1.82, 2.24) is 4.57 Å². The second kappa shape index (κ2) is 5.93. The highest BCUT2D eigenvalue weighted by molar-refractivity contribution is 5.50. The van der Waals surface area contributed by atoms with Gasteiger partial charge in [0.2, 0.25) is 0 Å². The topological polar surface area (TPSA) is 72.8 Å². The van der Waals surface area contributed by atoms with E-state index in [1.54, 1.807) is 18.3 Å². The minimum Gasteiger partial charge on any atom is -0.304 e. The van der Waals surface area contributed by atoms with Crippen LogP contribution in [0.25, 0.3) is 6.20 Å². The first-order valence-electron chi connectivity index (χ1n) is 7.21. The smallest absolute Gasteiger partial charge is 0.269 e. The molecule has 6 nitrogen and oxygen atoms in total. The number of nitrogens with zero attached hydrogens (tertiary/aromatic N) is 4. The molecule has 0 fully saturated rings. The fourth-order valence-electron chi connectivity index (χ4n) is 2.74. The summed E-state index contributed by atoms with van der Waals surface area (Å²) in [5, 5.41) is 19.1. The lowest BCUT2D eigenvalue weighted by Gasteiger charge is -2.12. The van der Waals surface area contributed by atoms with E-state index in [0.717, 1.165) is 18.7 Å². The van der Waals surface area contributed by atoms with Crippen molar-refractivity contribution >= 4 is 23.4 Å². The largest absolute Gasteiger partial charge is 0.304 e. The fourth-order valence-corrected chi connectivity index (χ4v) is 2.74. The molecule has 0 aliphatic heterocycles. The third kappa shape index (κ3) is 2.67. The fraction of sp³-hybridized carbons (Fsp3) is 0.250. The molecular weight excluding hydrogens is 280 g/mol. The Morgan fingerprint density at radius 3 is 2.59 bits per heavy atom. The maximum atomic E-state index is 10.6. The summed E-state index contributed by atoms with van der Waals surface area (Å²) in [6.45, 7) is 3.84. The molecule has 1 aromatic carbocycles. The maximum Gasteiger partial charge on any atom is 0.269 e. The van der Waals surface area contributed by atoms with Crippen molar-refractivity contribution in [2.24, 2.45) is 10.2 Å². The Kier molecular flexibility index (Phi) is 3.82. The normalized spacial score (nSPS) is 14.0. The lowest BCUT2D eigenvalue weighted by atomic mass is 9.98. The number of fused-ring (bicyclic) bond motifs is 1. The van der Waals surface area contributed by atoms with E-state index in [9.17, 15) is 10.1 Å². The van der Waals surface area contributed by atoms with E-state index in [2.05, 4.69) is 16.8 Å². The van der Waals surface area contributed by atoms with E-state index in [0.29, 0.717) is 5.69 Å². The molecule has 0 saturated heterocycles. The van der Waals surface area contributed by atoms with Gasteiger partial charge in [-0.3, -0.25) is 10.1 Å². The van der Waals surface area contributed by atoms with Gasteiger partial charge < -0.3 is 4.57 Å². The zero-order valence-electron chi connectivity index (χ0n) is 12.1. The van der Waals surface area contributed by atoms with Gasteiger partial charge in [-0.15, -0.1) is 10.2 Å². The molecule has 0 unspecified atom stereocenters. The summed E-state index contributed by atoms with van der Waals surface area (Å²) >= 11 is 0. The second-order valence-corrected chi connectivity index (χ2v) is 5.21. The lowest BCUT2D eigenvalue weighted by molar-refractivity contribution is -0.384. The van der Waals surface area contributed by atoms with E-state index >= 15 is 0 Å². The molecule has 2 aromatic rings. The third-order valence-electron chi connectivity index (χ3n) is 3.83. The molecule has 0 atom stereocenters. The van der Waals surface area contributed by atoms with E-state index in [-0.39, 0.29) is 5.69 Å². The minimum absolute atomic E-state index is 0.0453. The van der Waals surface area contributed by atoms with Crippen molar-refractivity contribution in [1.29, 1.82) is 0 Å². The van der Waals surface area contributed by atoms with Crippen LogP contribution in [0.15, 0.2) is 47.1 Å². The summed E-state index contributed by atoms with van der Waals surface area (Å²) < 4.78 is 1.98. The van der Waals surface area contributed by atoms with Crippen LogP contribution in [0.3, 0.4) is 0 Å². The Labute approximate surface area is 128 Å². The molecule has 0 saturated carbocycles. The van der Waals surface area contributed by atoms with Crippen LogP contribution < -0.4 is 0 Å². The van der Waals surface area contributed by atoms with Crippen molar-refractivity contribution < 1.29 is 4.92 Å². The average Bonchev–Trinajstić information content (AvgIpc) is 2.90. The van der Waals surface area contributed by atoms with Gasteiger partial charge in [0.15, 0.2) is 5.82 Å². The van der Waals surface area contributed by atoms with Crippen molar-refractivity contribution in [3.05, 3.63) is 58.3 Å². The van der Waals surface area contributed by atoms with Gasteiger partial charge >= 0.3 is 0 Å². The van der Waals surface area contributed by atoms with Gasteiger partial charge in [-0.1, -0.05) is 6.58 Å². The standard InChI is InChI=1S/C16H16N4O2/c1-2-19-15-6-4-3-5-12(15)11-16(19)18-17-13-7-9-14(10-8-13)20(21)22/h2,7-11H,1,3-6H2. The number of benzene rings is 1. The minimum atomic E-state index is -0.433. The van der Waals surface area contributed by atoms with Crippen LogP contribution in [0.4, 0.5) is 17.2 Å². The number of non-ortho nitro benzene ring substituents is 1. The summed E-state index contributed by atoms with van der Waals surface area (Å²) in [5.41, 5.74) is 3.20. The van der Waals surface area contributed by atoms with E-state index in [1.807, 2.05) is 10.6 Å². The van der Waals surface area contributed by atoms with E-state index in [4.69, 9.17) is 0 Å². The summed E-state index contributed by atoms with van der Waals surface area (Å²) in [5.74, 6) is 0.750. The zero-order chi connectivity index (χ0) is 15.5. The molecule has 1 aliphatic rings. The molecule has 0 amide bonds. The Hall–Kier alpha value is -2.76. The van der Waals surface area contributed by atoms with Gasteiger partial charge in [0.25, 0.3) is 5.69 Å². The zero-order valence-corrected chi connectivity index (χ0v) is 12.1. The van der Waals surface area contributed by atoms with Crippen LogP contribution in [-0.4, -0.2) is 9.49 Å². The van der Waals surface area contributed by atoms with E-state index < -0.39 is 4.92 Å². The highest BCUT2D eigenvalue weighted by Crippen LogP contribution is 2.31. The van der Waals surface area contributed by atoms with Crippen molar-refractivity contribution in [2.75, 3.05) is 0 Å². The van der Waals surface area contributed by atoms with Crippen LogP contribution in [-0.2, 0) is 12.8 Å². The monoisotopic (exact) mass is 296 g/mol. The molecule has 1 aromatic heterocycles. The number of aromatic nitrogens is 1. The van der Waals surface area contributed by atoms with Gasteiger partial charge in [0.1, 0.15) is 0 Å². The quantitative estimate of drug-likeness (QED) is 0.462. The Balaban J connectivity index is 1.87. The molecule has 22 heavy (non-hydrogen) atoms. The predicted molar refractivity (Wildman–Crippen MR) is 84.7 cm³/mol. The Morgan fingerprint density at radius 1 is 1.18 bits per heavy atom. The predicted octanol–water partition coefficient (Wildman–Crippen LogP) is 4.79. The van der Waals surface area contributed by atoms with E-state index in [1.165, 1.54) is 36.2 Å². The van der Waals surface area contributed by atoms with Gasteiger partial charge in [-0.2, -0.15) is 0 Å². The van der Waals surface area contributed by atoms with Gasteiger partial charge in [-0.25, -0.2) is 0 Å². The van der Waals surface area contributed by atoms with Gasteiger partial charge in [0.05, 0.1) is 10.6 Å². The Bertz CT molecular complexity index is 744. The van der Waals surface area contributed by atoms with Crippen LogP contribution in [0.2, 0.25) is 0 Å². The number of nitro groups is 1. The number of hydrogen-bond acceptors (Lipinski definition) is 4. The van der Waals surface area contributed by atoms with Crippen molar-refractivity contribution in [3.8, 4) is 0 Å². The van der Waals surface area contributed by atoms with Gasteiger partial charge in [-0.05, 0) is 49.4 Å². The summed E-state index contributed by atoms with van der Waals surface area (Å²) in [4.78, 5) is 10.2. The van der Waals surface area contributed by atoms with Gasteiger partial charge in [0, 0.05) is 24.0 Å². The number of hydrogen-bond donors (Lipinski definition) is 0. The first-order chi connectivity index (χ1) is 10.7. The number of rotatable bonds is 4. The molecular formula is C16H16N4O2. The SMILES string of the molecule is C=Cn1c(N=Nc2ccc([N+](=O)[O-])cc2)cc2c1CCCC2. The number of aryl methyl sites for hydroxylation is 1. The van der Waals surface area contributed by atoms with Crippen molar-refractivity contribution in [2.45, 2.75) is 25.7 Å². The Morgan fingerprint density at radius 2 is 1.91 bits per heavy atom. The maximum absolute atomic E-state index is 10.6. The molecule has 6 heteroatoms. The highest BCUT2D eigenvalue weighted by Gasteiger charge is 2.16. The summed E-state index contributed by atoms with van der Waals surface area (Å²) in [6.07, 6.45) is 6.25. The average molecular weight is 296 g/mol. The second-order valence-electron chi connectivity index (χ2n) is 5.21. The third-order valence-corrected chi connectivity index (χ3v) is 3.83. The molecule has 112 valence electrons. The van der Waals surface area contributed by atoms with Crippen molar-refractivity contribution in [3.63, 3.8) is 0 Å². The number of azo groups is 1.